The van der Waals surface area contributed by atoms with Gasteiger partial charge in [-0.2, -0.15) is 0 Å². The van der Waals surface area contributed by atoms with E-state index in [0.717, 1.165) is 18.4 Å². The van der Waals surface area contributed by atoms with Crippen molar-refractivity contribution in [2.24, 2.45) is 0 Å². The van der Waals surface area contributed by atoms with Gasteiger partial charge in [-0.05, 0) is 37.0 Å². The van der Waals surface area contributed by atoms with Crippen molar-refractivity contribution in [3.63, 3.8) is 0 Å². The molecule has 1 nitrogen and oxygen atoms in total. The minimum absolute atomic E-state index is 0.143. The fourth-order valence-corrected chi connectivity index (χ4v) is 1.89. The van der Waals surface area contributed by atoms with Crippen molar-refractivity contribution in [2.75, 3.05) is 0 Å². The lowest BCUT2D eigenvalue weighted by atomic mass is 10.0. The molecule has 0 unspecified atom stereocenters. The summed E-state index contributed by atoms with van der Waals surface area (Å²) in [5, 5.41) is 9.82. The Kier molecular flexibility index (Phi) is 2.28. The second kappa shape index (κ2) is 3.21. The maximum absolute atomic E-state index is 13.5. The van der Waals surface area contributed by atoms with Crippen molar-refractivity contribution in [1.82, 2.24) is 0 Å². The summed E-state index contributed by atoms with van der Waals surface area (Å²) >= 11 is 5.71. The summed E-state index contributed by atoms with van der Waals surface area (Å²) in [7, 11) is 0. The standard InChI is InChI=1S/C11H12ClFO/c1-7-4-8(6-11(14)2-3-11)10(13)9(12)5-7/h4-5,14H,2-3,6H2,1H3. The third kappa shape index (κ3) is 1.91. The zero-order chi connectivity index (χ0) is 10.3. The third-order valence-electron chi connectivity index (χ3n) is 2.59. The first-order chi connectivity index (χ1) is 6.50. The molecule has 0 aromatic heterocycles. The molecule has 0 aliphatic heterocycles. The minimum Gasteiger partial charge on any atom is -0.390 e. The molecule has 76 valence electrons. The smallest absolute Gasteiger partial charge is 0.145 e. The van der Waals surface area contributed by atoms with Crippen LogP contribution in [0.3, 0.4) is 0 Å². The van der Waals surface area contributed by atoms with Crippen LogP contribution in [0.1, 0.15) is 24.0 Å². The molecule has 1 aromatic carbocycles. The van der Waals surface area contributed by atoms with Gasteiger partial charge in [0.05, 0.1) is 10.6 Å². The highest BCUT2D eigenvalue weighted by Gasteiger charge is 2.40. The summed E-state index contributed by atoms with van der Waals surface area (Å²) in [6.07, 6.45) is 1.90. The van der Waals surface area contributed by atoms with Crippen molar-refractivity contribution in [1.29, 1.82) is 0 Å². The first kappa shape index (κ1) is 9.94. The number of hydrogen-bond acceptors (Lipinski definition) is 1. The van der Waals surface area contributed by atoms with Gasteiger partial charge in [0.1, 0.15) is 5.82 Å². The van der Waals surface area contributed by atoms with Crippen LogP contribution < -0.4 is 0 Å². The average molecular weight is 215 g/mol. The maximum atomic E-state index is 13.5. The summed E-state index contributed by atoms with van der Waals surface area (Å²) in [4.78, 5) is 0. The van der Waals surface area contributed by atoms with Crippen LogP contribution >= 0.6 is 11.6 Å². The monoisotopic (exact) mass is 214 g/mol. The van der Waals surface area contributed by atoms with Crippen molar-refractivity contribution in [3.8, 4) is 0 Å². The van der Waals surface area contributed by atoms with Gasteiger partial charge in [0.25, 0.3) is 0 Å². The molecule has 1 aliphatic rings. The Morgan fingerprint density at radius 3 is 2.71 bits per heavy atom. The molecule has 1 N–H and O–H groups in total. The molecule has 0 amide bonds. The van der Waals surface area contributed by atoms with Gasteiger partial charge in [-0.25, -0.2) is 4.39 Å². The molecule has 1 saturated carbocycles. The van der Waals surface area contributed by atoms with E-state index in [1.807, 2.05) is 6.92 Å². The first-order valence-electron chi connectivity index (χ1n) is 4.67. The van der Waals surface area contributed by atoms with Crippen molar-refractivity contribution >= 4 is 11.6 Å². The van der Waals surface area contributed by atoms with Crippen LogP contribution in [0.25, 0.3) is 0 Å². The van der Waals surface area contributed by atoms with Gasteiger partial charge in [0.15, 0.2) is 0 Å². The maximum Gasteiger partial charge on any atom is 0.145 e. The fraction of sp³-hybridized carbons (Fsp3) is 0.455. The SMILES string of the molecule is Cc1cc(Cl)c(F)c(CC2(O)CC2)c1. The van der Waals surface area contributed by atoms with E-state index in [1.165, 1.54) is 0 Å². The van der Waals surface area contributed by atoms with Crippen LogP contribution in [0.2, 0.25) is 5.02 Å². The summed E-state index contributed by atoms with van der Waals surface area (Å²) in [6, 6.07) is 3.34. The van der Waals surface area contributed by atoms with Crippen LogP contribution in [-0.4, -0.2) is 10.7 Å². The quantitative estimate of drug-likeness (QED) is 0.803. The van der Waals surface area contributed by atoms with Gasteiger partial charge in [-0.1, -0.05) is 17.7 Å². The highest BCUT2D eigenvalue weighted by atomic mass is 35.5. The van der Waals surface area contributed by atoms with E-state index >= 15 is 0 Å². The van der Waals surface area contributed by atoms with E-state index in [4.69, 9.17) is 11.6 Å². The Hall–Kier alpha value is -0.600. The molecule has 0 atom stereocenters. The van der Waals surface area contributed by atoms with E-state index in [-0.39, 0.29) is 5.02 Å². The zero-order valence-corrected chi connectivity index (χ0v) is 8.74. The Labute approximate surface area is 87.5 Å². The van der Waals surface area contributed by atoms with Crippen LogP contribution in [0, 0.1) is 12.7 Å². The molecule has 14 heavy (non-hydrogen) atoms. The molecule has 0 spiro atoms. The number of hydrogen-bond donors (Lipinski definition) is 1. The van der Waals surface area contributed by atoms with Crippen LogP contribution in [0.5, 0.6) is 0 Å². The zero-order valence-electron chi connectivity index (χ0n) is 7.98. The van der Waals surface area contributed by atoms with E-state index in [1.54, 1.807) is 12.1 Å². The number of aryl methyl sites for hydroxylation is 1. The third-order valence-corrected chi connectivity index (χ3v) is 2.87. The summed E-state index contributed by atoms with van der Waals surface area (Å²) < 4.78 is 13.5. The normalized spacial score (nSPS) is 18.3. The lowest BCUT2D eigenvalue weighted by molar-refractivity contribution is 0.149. The number of benzene rings is 1. The Bertz CT molecular complexity index is 372. The molecule has 1 aliphatic carbocycles. The van der Waals surface area contributed by atoms with Crippen molar-refractivity contribution in [2.45, 2.75) is 31.8 Å². The lowest BCUT2D eigenvalue weighted by Gasteiger charge is -2.10. The fourth-order valence-electron chi connectivity index (χ4n) is 1.60. The van der Waals surface area contributed by atoms with Crippen molar-refractivity contribution in [3.05, 3.63) is 34.1 Å². The topological polar surface area (TPSA) is 20.2 Å². The molecule has 1 fully saturated rings. The largest absolute Gasteiger partial charge is 0.390 e. The van der Waals surface area contributed by atoms with Crippen LogP contribution in [0.4, 0.5) is 4.39 Å². The van der Waals surface area contributed by atoms with Gasteiger partial charge in [-0.3, -0.25) is 0 Å². The van der Waals surface area contributed by atoms with E-state index in [0.29, 0.717) is 12.0 Å². The number of halogens is 2. The van der Waals surface area contributed by atoms with Crippen LogP contribution in [-0.2, 0) is 6.42 Å². The molecular formula is C11H12ClFO. The Morgan fingerprint density at radius 1 is 1.50 bits per heavy atom. The number of aliphatic hydroxyl groups is 1. The van der Waals surface area contributed by atoms with Crippen LogP contribution in [0.15, 0.2) is 12.1 Å². The molecule has 0 bridgehead atoms. The van der Waals surface area contributed by atoms with Gasteiger partial charge >= 0.3 is 0 Å². The first-order valence-corrected chi connectivity index (χ1v) is 5.05. The highest BCUT2D eigenvalue weighted by Crippen LogP contribution is 2.39. The van der Waals surface area contributed by atoms with E-state index < -0.39 is 11.4 Å². The summed E-state index contributed by atoms with van der Waals surface area (Å²) in [5.74, 6) is -0.391. The molecule has 0 heterocycles. The average Bonchev–Trinajstić information content (AvgIpc) is 2.79. The van der Waals surface area contributed by atoms with E-state index in [2.05, 4.69) is 0 Å². The van der Waals surface area contributed by atoms with Gasteiger partial charge in [-0.15, -0.1) is 0 Å². The summed E-state index contributed by atoms with van der Waals surface area (Å²) in [5.41, 5.74) is 0.781. The minimum atomic E-state index is -0.669. The molecule has 1 aromatic rings. The predicted molar refractivity (Wildman–Crippen MR) is 54.0 cm³/mol. The molecular weight excluding hydrogens is 203 g/mol. The lowest BCUT2D eigenvalue weighted by Crippen LogP contribution is -2.12. The number of rotatable bonds is 2. The van der Waals surface area contributed by atoms with Gasteiger partial charge < -0.3 is 5.11 Å². The highest BCUT2D eigenvalue weighted by molar-refractivity contribution is 6.30. The second-order valence-corrected chi connectivity index (χ2v) is 4.53. The Balaban J connectivity index is 2.32. The van der Waals surface area contributed by atoms with Gasteiger partial charge in [0, 0.05) is 6.42 Å². The summed E-state index contributed by atoms with van der Waals surface area (Å²) in [6.45, 7) is 1.87. The van der Waals surface area contributed by atoms with Crippen molar-refractivity contribution < 1.29 is 9.50 Å². The molecule has 3 heteroatoms. The Morgan fingerprint density at radius 2 is 2.14 bits per heavy atom. The molecule has 0 saturated heterocycles. The molecule has 2 rings (SSSR count). The van der Waals surface area contributed by atoms with Gasteiger partial charge in [0.2, 0.25) is 0 Å². The van der Waals surface area contributed by atoms with E-state index in [9.17, 15) is 9.50 Å². The predicted octanol–water partition coefficient (Wildman–Crippen LogP) is 2.85. The molecule has 0 radical (unpaired) electrons. The second-order valence-electron chi connectivity index (χ2n) is 4.12.